The first kappa shape index (κ1) is 22.3. The average molecular weight is 478 g/mol. The van der Waals surface area contributed by atoms with Crippen molar-refractivity contribution in [1.29, 1.82) is 0 Å². The molecule has 0 saturated carbocycles. The summed E-state index contributed by atoms with van der Waals surface area (Å²) in [6.07, 6.45) is -3.62. The van der Waals surface area contributed by atoms with Crippen molar-refractivity contribution in [3.63, 3.8) is 0 Å². The molecule has 3 aromatic rings. The number of aromatic nitrogens is 2. The number of nitrogens with zero attached hydrogens (tertiary/aromatic N) is 3. The van der Waals surface area contributed by atoms with E-state index in [0.717, 1.165) is 23.3 Å². The molecule has 0 spiro atoms. The molecule has 2 aromatic heterocycles. The fraction of sp³-hybridized carbons (Fsp3) is 0.318. The molecule has 12 heteroatoms. The minimum atomic E-state index is -5.06. The number of rotatable bonds is 3. The molecule has 34 heavy (non-hydrogen) atoms. The second-order valence-electron chi connectivity index (χ2n) is 7.86. The van der Waals surface area contributed by atoms with Crippen LogP contribution < -0.4 is 10.5 Å². The Labute approximate surface area is 190 Å². The number of carbonyl (C=O) groups excluding carboxylic acids is 1. The molecule has 2 N–H and O–H groups in total. The largest absolute Gasteiger partial charge is 0.573 e. The van der Waals surface area contributed by atoms with E-state index in [4.69, 9.17) is 15.2 Å². The van der Waals surface area contributed by atoms with Gasteiger partial charge in [-0.25, -0.2) is 14.4 Å². The van der Waals surface area contributed by atoms with Crippen molar-refractivity contribution in [3.05, 3.63) is 58.7 Å². The maximum Gasteiger partial charge on any atom is 0.573 e. The lowest BCUT2D eigenvalue weighted by molar-refractivity contribution is -0.275. The van der Waals surface area contributed by atoms with E-state index in [1.54, 1.807) is 6.07 Å². The standard InChI is InChI=1S/C22H18F4N4O4/c23-15-2-1-11(5-19(15)34-22(24,25)26)18-10-32-4-3-30(18)21(31)16-6-12-13-8-33-9-14(13)20(27)29-17(12)7-28-16/h1-2,5-7,18H,3-4,8-10H2,(H2,27,29). The van der Waals surface area contributed by atoms with E-state index in [0.29, 0.717) is 29.9 Å². The van der Waals surface area contributed by atoms with Crippen molar-refractivity contribution >= 4 is 22.6 Å². The normalized spacial score (nSPS) is 18.2. The molecule has 8 nitrogen and oxygen atoms in total. The van der Waals surface area contributed by atoms with Gasteiger partial charge in [0.05, 0.1) is 44.2 Å². The van der Waals surface area contributed by atoms with Crippen LogP contribution in [0.15, 0.2) is 30.5 Å². The molecule has 2 aliphatic rings. The topological polar surface area (TPSA) is 99.8 Å². The number of carbonyl (C=O) groups is 1. The summed E-state index contributed by atoms with van der Waals surface area (Å²) in [6, 6.07) is 3.92. The number of amides is 1. The molecule has 178 valence electrons. The summed E-state index contributed by atoms with van der Waals surface area (Å²) in [5.41, 5.74) is 8.46. The van der Waals surface area contributed by atoms with Crippen LogP contribution in [0, 0.1) is 5.82 Å². The van der Waals surface area contributed by atoms with Gasteiger partial charge in [0, 0.05) is 17.5 Å². The Morgan fingerprint density at radius 2 is 1.97 bits per heavy atom. The lowest BCUT2D eigenvalue weighted by Crippen LogP contribution is -2.43. The summed E-state index contributed by atoms with van der Waals surface area (Å²) < 4.78 is 66.6. The van der Waals surface area contributed by atoms with Gasteiger partial charge in [0.15, 0.2) is 11.6 Å². The molecule has 0 bridgehead atoms. The molecule has 1 saturated heterocycles. The van der Waals surface area contributed by atoms with E-state index < -0.39 is 29.9 Å². The van der Waals surface area contributed by atoms with Gasteiger partial charge in [-0.05, 0) is 29.3 Å². The van der Waals surface area contributed by atoms with Gasteiger partial charge in [-0.2, -0.15) is 0 Å². The third-order valence-electron chi connectivity index (χ3n) is 5.79. The number of morpholine rings is 1. The van der Waals surface area contributed by atoms with E-state index in [2.05, 4.69) is 14.7 Å². The van der Waals surface area contributed by atoms with Crippen molar-refractivity contribution < 1.29 is 36.6 Å². The second kappa shape index (κ2) is 8.37. The van der Waals surface area contributed by atoms with Crippen LogP contribution in [-0.4, -0.2) is 46.9 Å². The van der Waals surface area contributed by atoms with E-state index in [1.807, 2.05) is 0 Å². The van der Waals surface area contributed by atoms with Gasteiger partial charge in [0.25, 0.3) is 5.91 Å². The molecule has 1 amide bonds. The van der Waals surface area contributed by atoms with Crippen molar-refractivity contribution in [1.82, 2.24) is 14.9 Å². The molecule has 5 rings (SSSR count). The summed E-state index contributed by atoms with van der Waals surface area (Å²) in [4.78, 5) is 23.4. The molecule has 2 aliphatic heterocycles. The zero-order valence-corrected chi connectivity index (χ0v) is 17.6. The first-order valence-electron chi connectivity index (χ1n) is 10.3. The number of nitrogens with two attached hydrogens (primary N) is 1. The lowest BCUT2D eigenvalue weighted by Gasteiger charge is -2.36. The van der Waals surface area contributed by atoms with E-state index in [1.165, 1.54) is 17.2 Å². The molecule has 4 heterocycles. The fourth-order valence-corrected chi connectivity index (χ4v) is 4.19. The Kier molecular flexibility index (Phi) is 5.48. The predicted molar refractivity (Wildman–Crippen MR) is 110 cm³/mol. The van der Waals surface area contributed by atoms with Crippen molar-refractivity contribution in [2.24, 2.45) is 0 Å². The minimum Gasteiger partial charge on any atom is -0.403 e. The third-order valence-corrected chi connectivity index (χ3v) is 5.79. The first-order chi connectivity index (χ1) is 16.2. The van der Waals surface area contributed by atoms with Crippen LogP contribution in [0.25, 0.3) is 10.9 Å². The van der Waals surface area contributed by atoms with Gasteiger partial charge in [-0.15, -0.1) is 13.2 Å². The zero-order chi connectivity index (χ0) is 24.0. The highest BCUT2D eigenvalue weighted by molar-refractivity contribution is 5.97. The number of anilines is 1. The number of nitrogen functional groups attached to an aromatic ring is 1. The Bertz CT molecular complexity index is 1280. The summed E-state index contributed by atoms with van der Waals surface area (Å²) in [6.45, 7) is 1.06. The number of ether oxygens (including phenoxy) is 3. The molecule has 1 unspecified atom stereocenters. The average Bonchev–Trinajstić information content (AvgIpc) is 3.30. The first-order valence-corrected chi connectivity index (χ1v) is 10.3. The molecule has 0 radical (unpaired) electrons. The highest BCUT2D eigenvalue weighted by atomic mass is 19.4. The van der Waals surface area contributed by atoms with Crippen molar-refractivity contribution in [2.45, 2.75) is 25.6 Å². The summed E-state index contributed by atoms with van der Waals surface area (Å²) >= 11 is 0. The second-order valence-corrected chi connectivity index (χ2v) is 7.86. The Hall–Kier alpha value is -3.51. The van der Waals surface area contributed by atoms with Crippen LogP contribution >= 0.6 is 0 Å². The molecule has 0 aliphatic carbocycles. The number of halogens is 4. The van der Waals surface area contributed by atoms with Gasteiger partial charge in [0.1, 0.15) is 11.5 Å². The number of hydrogen-bond donors (Lipinski definition) is 1. The highest BCUT2D eigenvalue weighted by Crippen LogP contribution is 2.34. The highest BCUT2D eigenvalue weighted by Gasteiger charge is 2.35. The molecular formula is C22H18F4N4O4. The summed E-state index contributed by atoms with van der Waals surface area (Å²) in [7, 11) is 0. The lowest BCUT2D eigenvalue weighted by atomic mass is 10.0. The van der Waals surface area contributed by atoms with Gasteiger partial charge >= 0.3 is 6.36 Å². The van der Waals surface area contributed by atoms with Crippen molar-refractivity contribution in [2.75, 3.05) is 25.5 Å². The Morgan fingerprint density at radius 3 is 2.76 bits per heavy atom. The maximum atomic E-state index is 13.9. The Balaban J connectivity index is 1.49. The molecular weight excluding hydrogens is 460 g/mol. The predicted octanol–water partition coefficient (Wildman–Crippen LogP) is 3.49. The van der Waals surface area contributed by atoms with Crippen molar-refractivity contribution in [3.8, 4) is 5.75 Å². The van der Waals surface area contributed by atoms with Crippen LogP contribution in [-0.2, 0) is 22.7 Å². The van der Waals surface area contributed by atoms with Crippen LogP contribution in [0.1, 0.15) is 33.2 Å². The van der Waals surface area contributed by atoms with E-state index in [9.17, 15) is 22.4 Å². The van der Waals surface area contributed by atoms with Gasteiger partial charge in [-0.1, -0.05) is 6.07 Å². The Morgan fingerprint density at radius 1 is 1.18 bits per heavy atom. The van der Waals surface area contributed by atoms with Crippen LogP contribution in [0.2, 0.25) is 0 Å². The number of fused-ring (bicyclic) bond motifs is 3. The molecule has 1 atom stereocenters. The molecule has 1 fully saturated rings. The van der Waals surface area contributed by atoms with Crippen LogP contribution in [0.5, 0.6) is 5.75 Å². The quantitative estimate of drug-likeness (QED) is 0.576. The summed E-state index contributed by atoms with van der Waals surface area (Å²) in [5.74, 6) is -2.26. The summed E-state index contributed by atoms with van der Waals surface area (Å²) in [5, 5.41) is 0.688. The third kappa shape index (κ3) is 4.10. The van der Waals surface area contributed by atoms with Crippen LogP contribution in [0.4, 0.5) is 23.4 Å². The van der Waals surface area contributed by atoms with Gasteiger partial charge in [-0.3, -0.25) is 4.79 Å². The number of hydrogen-bond acceptors (Lipinski definition) is 7. The monoisotopic (exact) mass is 478 g/mol. The number of alkyl halides is 3. The van der Waals surface area contributed by atoms with Gasteiger partial charge < -0.3 is 24.8 Å². The van der Waals surface area contributed by atoms with E-state index >= 15 is 0 Å². The number of pyridine rings is 2. The minimum absolute atomic E-state index is 0.0116. The smallest absolute Gasteiger partial charge is 0.403 e. The number of benzene rings is 1. The molecule has 1 aromatic carbocycles. The van der Waals surface area contributed by atoms with Crippen LogP contribution in [0.3, 0.4) is 0 Å². The zero-order valence-electron chi connectivity index (χ0n) is 17.6. The SMILES string of the molecule is Nc1nc2cnc(C(=O)N3CCOCC3c3ccc(F)c(OC(F)(F)F)c3)cc2c2c1COC2. The van der Waals surface area contributed by atoms with Gasteiger partial charge in [0.2, 0.25) is 0 Å². The van der Waals surface area contributed by atoms with E-state index in [-0.39, 0.29) is 31.0 Å². The fourth-order valence-electron chi connectivity index (χ4n) is 4.19. The maximum absolute atomic E-state index is 13.9.